The molecule has 6 N–H and O–H groups in total. The predicted molar refractivity (Wildman–Crippen MR) is 421 cm³/mol. The van der Waals surface area contributed by atoms with Crippen LogP contribution in [0.4, 0.5) is 0 Å². The maximum atomic E-state index is 15.4. The first-order valence-electron chi connectivity index (χ1n) is 42.0. The normalized spacial score (nSPS) is 28.2. The lowest BCUT2D eigenvalue weighted by atomic mass is 9.78. The average Bonchev–Trinajstić information content (AvgIpc) is 0.747. The number of hydroxylamine groups is 12. The van der Waals surface area contributed by atoms with Gasteiger partial charge in [0.25, 0.3) is 10.8 Å². The molecule has 0 unspecified atom stereocenters. The van der Waals surface area contributed by atoms with Gasteiger partial charge in [0.1, 0.15) is 49.8 Å². The van der Waals surface area contributed by atoms with Crippen LogP contribution in [-0.4, -0.2) is 265 Å². The van der Waals surface area contributed by atoms with Crippen molar-refractivity contribution in [3.63, 3.8) is 0 Å². The smallest absolute Gasteiger partial charge is 0.335 e. The molecule has 0 aromatic carbocycles. The Morgan fingerprint density at radius 2 is 0.444 bits per heavy atom. The third-order valence-electron chi connectivity index (χ3n) is 25.9. The van der Waals surface area contributed by atoms with Gasteiger partial charge in [-0.05, 0) is 192 Å². The van der Waals surface area contributed by atoms with Crippen LogP contribution in [0.1, 0.15) is 309 Å². The van der Waals surface area contributed by atoms with Crippen molar-refractivity contribution in [3.8, 4) is 0 Å². The number of nitrogens with zero attached hydrogens (tertiary/aromatic N) is 6. The van der Waals surface area contributed by atoms with Crippen LogP contribution in [0.5, 0.6) is 0 Å². The molecular formula is C85H146N6O26. The van der Waals surface area contributed by atoms with Crippen LogP contribution in [-0.2, 0) is 95.2 Å². The molecule has 8 aliphatic heterocycles. The van der Waals surface area contributed by atoms with Gasteiger partial charge < -0.3 is 88.1 Å². The summed E-state index contributed by atoms with van der Waals surface area (Å²) in [7, 11) is 0. The Bertz CT molecular complexity index is 2970. The summed E-state index contributed by atoms with van der Waals surface area (Å²) in [5.74, 6) is -8.95. The monoisotopic (exact) mass is 1670 g/mol. The quantitative estimate of drug-likeness (QED) is 0.0266. The second-order valence-electron chi connectivity index (χ2n) is 44.5. The molecule has 8 heterocycles. The lowest BCUT2D eigenvalue weighted by molar-refractivity contribution is -0.337. The number of rotatable bonds is 26. The minimum atomic E-state index is -2.80. The van der Waals surface area contributed by atoms with Crippen molar-refractivity contribution in [1.29, 1.82) is 0 Å². The number of carbonyl (C=O) groups excluding carboxylic acids is 8. The molecule has 8 aliphatic rings. The van der Waals surface area contributed by atoms with Crippen LogP contribution in [0, 0.1) is 27.1 Å². The molecule has 8 fully saturated rings. The van der Waals surface area contributed by atoms with E-state index >= 15 is 28.8 Å². The van der Waals surface area contributed by atoms with E-state index in [2.05, 4.69) is 0 Å². The van der Waals surface area contributed by atoms with Crippen LogP contribution < -0.4 is 0 Å². The van der Waals surface area contributed by atoms with Crippen molar-refractivity contribution >= 4 is 47.8 Å². The zero-order valence-corrected chi connectivity index (χ0v) is 75.6. The fraction of sp³-hybridized carbons (Fsp3) is 0.906. The average molecular weight is 1670 g/mol. The predicted octanol–water partition coefficient (Wildman–Crippen LogP) is 11.9. The molecule has 1 spiro atoms. The van der Waals surface area contributed by atoms with Crippen molar-refractivity contribution in [2.24, 2.45) is 27.1 Å². The van der Waals surface area contributed by atoms with E-state index < -0.39 is 216 Å². The molecule has 32 heteroatoms. The molecule has 0 aliphatic carbocycles. The Balaban J connectivity index is 0.912. The fourth-order valence-corrected chi connectivity index (χ4v) is 20.3. The minimum absolute atomic E-state index is 0.0989. The highest BCUT2D eigenvalue weighted by Crippen LogP contribution is 2.49. The van der Waals surface area contributed by atoms with Gasteiger partial charge in [-0.1, -0.05) is 27.7 Å². The summed E-state index contributed by atoms with van der Waals surface area (Å²) >= 11 is 0. The highest BCUT2D eigenvalue weighted by atomic mass is 16.7. The molecule has 0 atom stereocenters. The summed E-state index contributed by atoms with van der Waals surface area (Å²) in [5, 5.41) is 74.6. The summed E-state index contributed by atoms with van der Waals surface area (Å²) in [6, 6.07) is 0. The zero-order chi connectivity index (χ0) is 88.7. The summed E-state index contributed by atoms with van der Waals surface area (Å²) in [4.78, 5) is 121. The Morgan fingerprint density at radius 1 is 0.291 bits per heavy atom. The van der Waals surface area contributed by atoms with E-state index in [1.165, 1.54) is 30.4 Å². The molecule has 32 nitrogen and oxygen atoms in total. The van der Waals surface area contributed by atoms with Gasteiger partial charge in [-0.25, -0.2) is 0 Å². The molecule has 0 bridgehead atoms. The van der Waals surface area contributed by atoms with E-state index in [0.29, 0.717) is 0 Å². The number of hydrogen-bond donors (Lipinski definition) is 6. The lowest BCUT2D eigenvalue weighted by Gasteiger charge is -2.52. The van der Waals surface area contributed by atoms with Gasteiger partial charge in [0, 0.05) is 167 Å². The summed E-state index contributed by atoms with van der Waals surface area (Å²) < 4.78 is 75.1. The van der Waals surface area contributed by atoms with Crippen LogP contribution in [0.2, 0.25) is 0 Å². The maximum absolute atomic E-state index is 15.4. The summed E-state index contributed by atoms with van der Waals surface area (Å²) in [5.41, 5.74) is -19.4. The number of esters is 8. The lowest BCUT2D eigenvalue weighted by Crippen LogP contribution is -2.63. The molecule has 0 saturated carbocycles. The van der Waals surface area contributed by atoms with E-state index in [1.54, 1.807) is 194 Å². The molecule has 0 aromatic heterocycles. The molecule has 117 heavy (non-hydrogen) atoms. The van der Waals surface area contributed by atoms with Crippen molar-refractivity contribution in [2.75, 3.05) is 39.6 Å². The topological polar surface area (TPSA) is 388 Å². The van der Waals surface area contributed by atoms with E-state index in [4.69, 9.17) is 56.8 Å². The van der Waals surface area contributed by atoms with Crippen LogP contribution in [0.25, 0.3) is 0 Å². The molecule has 8 rings (SSSR count). The highest BCUT2D eigenvalue weighted by Gasteiger charge is 2.65. The molecule has 0 aromatic rings. The van der Waals surface area contributed by atoms with Crippen LogP contribution in [0.3, 0.4) is 0 Å². The fourth-order valence-electron chi connectivity index (χ4n) is 20.3. The molecular weight excluding hydrogens is 1520 g/mol. The van der Waals surface area contributed by atoms with E-state index in [0.717, 1.165) is 0 Å². The largest absolute Gasteiger partial charge is 0.465 e. The summed E-state index contributed by atoms with van der Waals surface area (Å²) in [6.45, 7) is 49.8. The highest BCUT2D eigenvalue weighted by molar-refractivity contribution is 6.19. The van der Waals surface area contributed by atoms with Crippen LogP contribution in [0.15, 0.2) is 0 Å². The van der Waals surface area contributed by atoms with Crippen LogP contribution >= 0.6 is 0 Å². The van der Waals surface area contributed by atoms with E-state index in [-0.39, 0.29) is 130 Å². The third kappa shape index (κ3) is 21.3. The Morgan fingerprint density at radius 3 is 0.598 bits per heavy atom. The first kappa shape index (κ1) is 97.6. The number of carbonyl (C=O) groups is 8. The zero-order valence-electron chi connectivity index (χ0n) is 75.6. The number of piperidine rings is 6. The van der Waals surface area contributed by atoms with Gasteiger partial charge in [-0.3, -0.25) is 38.4 Å². The third-order valence-corrected chi connectivity index (χ3v) is 25.9. The standard InChI is InChI=1S/C85H146N6O26/c1-69(2,47-106-59(92)31-29-33-84(61(94)112-53-35-71(5,6)86(100)72(7,8)36-53,62(95)113-54-37-73(9,10)87(101)74(11,12)38-54)63(96)114-55-39-75(13,14)88(102)76(15,16)40-55)67-108-49-83(50-109-67)51-110-68(111-52-83)70(3,4)48-107-60(93)32-30-34-85(64(97)115-56-41-77(17,18)89(103)78(19,20)42-56,65(98)116-57-43-79(21,22)90(104)80(23,24)44-57)66(99)117-58-45-81(25,26)91(105)82(27,28)46-58/h53-58,67-68,100-105H,29-52H2,1-28H3. The molecule has 8 saturated heterocycles. The van der Waals surface area contributed by atoms with Crippen molar-refractivity contribution in [3.05, 3.63) is 0 Å². The van der Waals surface area contributed by atoms with Crippen molar-refractivity contribution in [1.82, 2.24) is 30.4 Å². The van der Waals surface area contributed by atoms with Crippen molar-refractivity contribution < 1.29 is 126 Å². The van der Waals surface area contributed by atoms with Gasteiger partial charge in [-0.2, -0.15) is 30.4 Å². The van der Waals surface area contributed by atoms with E-state index in [9.17, 15) is 40.8 Å². The van der Waals surface area contributed by atoms with Crippen molar-refractivity contribution in [2.45, 2.75) is 425 Å². The number of hydrogen-bond acceptors (Lipinski definition) is 32. The minimum Gasteiger partial charge on any atom is -0.465 e. The second kappa shape index (κ2) is 34.0. The van der Waals surface area contributed by atoms with Gasteiger partial charge in [0.2, 0.25) is 0 Å². The molecule has 0 radical (unpaired) electrons. The second-order valence-corrected chi connectivity index (χ2v) is 44.5. The van der Waals surface area contributed by atoms with Gasteiger partial charge in [0.15, 0.2) is 12.6 Å². The van der Waals surface area contributed by atoms with Gasteiger partial charge in [-0.15, -0.1) is 0 Å². The SMILES string of the molecule is CC(C)(COC(=O)CCCC(C(=O)OC1CC(C)(C)N(O)C(C)(C)C1)(C(=O)OC1CC(C)(C)N(O)C(C)(C)C1)C(=O)OC1CC(C)(C)N(O)C(C)(C)C1)C1OCC2(CO1)COC(C(C)(C)COC(=O)CCCC(C(=O)OC1CC(C)(C)N(O)C(C)(C)C1)(C(=O)OC1CC(C)(C)N(O)C(C)(C)C1)C(=O)OC1CC(C)(C)N(O)C(C)(C)C1)OC2. The summed E-state index contributed by atoms with van der Waals surface area (Å²) in [6.07, 6.45) is -8.45. The molecule has 672 valence electrons. The van der Waals surface area contributed by atoms with Gasteiger partial charge >= 0.3 is 47.8 Å². The Kier molecular flexibility index (Phi) is 28.3. The maximum Gasteiger partial charge on any atom is 0.335 e. The Labute approximate surface area is 693 Å². The van der Waals surface area contributed by atoms with Gasteiger partial charge in [0.05, 0.1) is 31.8 Å². The molecule has 0 amide bonds. The first-order chi connectivity index (χ1) is 53.0. The number of ether oxygens (including phenoxy) is 12. The Hall–Kier alpha value is -4.88. The van der Waals surface area contributed by atoms with E-state index in [1.807, 2.05) is 0 Å². The first-order valence-corrected chi connectivity index (χ1v) is 42.0.